The zero-order valence-corrected chi connectivity index (χ0v) is 14.0. The van der Waals surface area contributed by atoms with Crippen LogP contribution in [-0.2, 0) is 24.9 Å². The van der Waals surface area contributed by atoms with Gasteiger partial charge in [-0.25, -0.2) is 9.78 Å². The molecule has 2 N–H and O–H groups in total. The molecule has 3 rings (SSSR count). The third kappa shape index (κ3) is 3.16. The lowest BCUT2D eigenvalue weighted by Crippen LogP contribution is -2.33. The molecule has 0 atom stereocenters. The number of ether oxygens (including phenoxy) is 1. The third-order valence-electron chi connectivity index (χ3n) is 3.73. The predicted molar refractivity (Wildman–Crippen MR) is 88.5 cm³/mol. The van der Waals surface area contributed by atoms with E-state index in [0.717, 1.165) is 22.4 Å². The average molecular weight is 314 g/mol. The molecule has 1 amide bonds. The van der Waals surface area contributed by atoms with Crippen molar-refractivity contribution in [3.63, 3.8) is 0 Å². The van der Waals surface area contributed by atoms with Crippen LogP contribution in [0.4, 0.5) is 10.5 Å². The van der Waals surface area contributed by atoms with Crippen molar-refractivity contribution in [3.05, 3.63) is 35.8 Å². The number of nitrogens with zero attached hydrogens (tertiary/aromatic N) is 3. The molecule has 2 aromatic rings. The number of carbonyl (C=O) groups is 1. The summed E-state index contributed by atoms with van der Waals surface area (Å²) in [7, 11) is 1.92. The number of aromatic nitrogens is 2. The monoisotopic (exact) mass is 314 g/mol. The molecular formula is C17H22N4O2. The summed E-state index contributed by atoms with van der Waals surface area (Å²) in [6.45, 7) is 6.66. The van der Waals surface area contributed by atoms with E-state index in [4.69, 9.17) is 10.5 Å². The summed E-state index contributed by atoms with van der Waals surface area (Å²) in [5, 5.41) is 0. The second-order valence-corrected chi connectivity index (χ2v) is 6.97. The summed E-state index contributed by atoms with van der Waals surface area (Å²) in [6, 6.07) is 3.96. The van der Waals surface area contributed by atoms with Gasteiger partial charge in [0.25, 0.3) is 0 Å². The molecule has 2 heterocycles. The maximum atomic E-state index is 12.2. The highest BCUT2D eigenvalue weighted by Gasteiger charge is 2.28. The van der Waals surface area contributed by atoms with Gasteiger partial charge in [-0.3, -0.25) is 4.90 Å². The topological polar surface area (TPSA) is 73.4 Å². The number of anilines is 1. The molecule has 6 heteroatoms. The van der Waals surface area contributed by atoms with E-state index < -0.39 is 5.60 Å². The van der Waals surface area contributed by atoms with Gasteiger partial charge in [-0.2, -0.15) is 0 Å². The molecule has 0 fully saturated rings. The van der Waals surface area contributed by atoms with Crippen LogP contribution in [0.15, 0.2) is 24.7 Å². The first-order valence-electron chi connectivity index (χ1n) is 7.60. The van der Waals surface area contributed by atoms with Crippen molar-refractivity contribution in [2.75, 3.05) is 5.73 Å². The van der Waals surface area contributed by atoms with Crippen LogP contribution in [-0.4, -0.2) is 26.1 Å². The Hall–Kier alpha value is -2.50. The number of aryl methyl sites for hydroxylation is 1. The molecule has 0 radical (unpaired) electrons. The predicted octanol–water partition coefficient (Wildman–Crippen LogP) is 2.92. The Morgan fingerprint density at radius 2 is 1.91 bits per heavy atom. The number of amides is 1. The Balaban J connectivity index is 1.85. The van der Waals surface area contributed by atoms with Crippen molar-refractivity contribution >= 4 is 11.8 Å². The molecule has 0 spiro atoms. The number of carbonyl (C=O) groups excluding carboxylic acids is 1. The molecule has 1 aliphatic rings. The minimum absolute atomic E-state index is 0.299. The lowest BCUT2D eigenvalue weighted by molar-refractivity contribution is 0.0242. The summed E-state index contributed by atoms with van der Waals surface area (Å²) in [5.74, 6) is 0. The fourth-order valence-corrected chi connectivity index (χ4v) is 2.70. The number of benzene rings is 1. The van der Waals surface area contributed by atoms with Gasteiger partial charge in [-0.1, -0.05) is 0 Å². The van der Waals surface area contributed by atoms with Crippen LogP contribution < -0.4 is 5.73 Å². The van der Waals surface area contributed by atoms with Crippen LogP contribution in [0.5, 0.6) is 0 Å². The average Bonchev–Trinajstić information content (AvgIpc) is 3.01. The van der Waals surface area contributed by atoms with E-state index in [2.05, 4.69) is 4.98 Å². The maximum Gasteiger partial charge on any atom is 0.410 e. The Morgan fingerprint density at radius 3 is 2.48 bits per heavy atom. The summed E-state index contributed by atoms with van der Waals surface area (Å²) < 4.78 is 7.33. The zero-order valence-electron chi connectivity index (χ0n) is 14.0. The molecule has 23 heavy (non-hydrogen) atoms. The Labute approximate surface area is 135 Å². The van der Waals surface area contributed by atoms with Gasteiger partial charge in [0.1, 0.15) is 5.60 Å². The van der Waals surface area contributed by atoms with E-state index in [1.54, 1.807) is 11.2 Å². The van der Waals surface area contributed by atoms with Gasteiger partial charge < -0.3 is 15.0 Å². The molecule has 6 nitrogen and oxygen atoms in total. The fraction of sp³-hybridized carbons (Fsp3) is 0.412. The minimum atomic E-state index is -0.496. The van der Waals surface area contributed by atoms with E-state index in [0.29, 0.717) is 18.8 Å². The molecule has 0 unspecified atom stereocenters. The normalized spacial score (nSPS) is 14.0. The van der Waals surface area contributed by atoms with E-state index in [1.165, 1.54) is 0 Å². The van der Waals surface area contributed by atoms with E-state index in [-0.39, 0.29) is 6.09 Å². The van der Waals surface area contributed by atoms with Crippen LogP contribution in [0.2, 0.25) is 0 Å². The van der Waals surface area contributed by atoms with Crippen LogP contribution >= 0.6 is 0 Å². The lowest BCUT2D eigenvalue weighted by atomic mass is 10.0. The van der Waals surface area contributed by atoms with Gasteiger partial charge in [-0.05, 0) is 44.0 Å². The van der Waals surface area contributed by atoms with E-state index >= 15 is 0 Å². The Kier molecular flexibility index (Phi) is 3.55. The molecule has 0 saturated carbocycles. The van der Waals surface area contributed by atoms with Gasteiger partial charge in [0, 0.05) is 37.6 Å². The number of imidazole rings is 1. The highest BCUT2D eigenvalue weighted by Crippen LogP contribution is 2.33. The second-order valence-electron chi connectivity index (χ2n) is 6.97. The summed E-state index contributed by atoms with van der Waals surface area (Å²) >= 11 is 0. The number of nitrogen functional groups attached to an aromatic ring is 1. The van der Waals surface area contributed by atoms with Crippen molar-refractivity contribution in [2.45, 2.75) is 39.5 Å². The van der Waals surface area contributed by atoms with Gasteiger partial charge in [0.05, 0.1) is 12.0 Å². The molecule has 122 valence electrons. The van der Waals surface area contributed by atoms with Gasteiger partial charge >= 0.3 is 6.09 Å². The number of nitrogens with two attached hydrogens (primary N) is 1. The van der Waals surface area contributed by atoms with Gasteiger partial charge in [0.2, 0.25) is 0 Å². The molecule has 0 aliphatic carbocycles. The minimum Gasteiger partial charge on any atom is -0.444 e. The number of fused-ring (bicyclic) bond motifs is 1. The van der Waals surface area contributed by atoms with Crippen molar-refractivity contribution in [1.29, 1.82) is 0 Å². The second kappa shape index (κ2) is 5.30. The van der Waals surface area contributed by atoms with Crippen LogP contribution in [0.25, 0.3) is 11.3 Å². The maximum absolute atomic E-state index is 12.2. The van der Waals surface area contributed by atoms with Crippen molar-refractivity contribution < 1.29 is 9.53 Å². The zero-order chi connectivity index (χ0) is 16.8. The molecule has 0 bridgehead atoms. The largest absolute Gasteiger partial charge is 0.444 e. The van der Waals surface area contributed by atoms with Gasteiger partial charge in [-0.15, -0.1) is 0 Å². The molecular weight excluding hydrogens is 292 g/mol. The number of hydrogen-bond acceptors (Lipinski definition) is 4. The highest BCUT2D eigenvalue weighted by molar-refractivity contribution is 5.77. The third-order valence-corrected chi connectivity index (χ3v) is 3.73. The first-order valence-corrected chi connectivity index (χ1v) is 7.60. The number of hydrogen-bond donors (Lipinski definition) is 1. The van der Waals surface area contributed by atoms with Crippen LogP contribution in [0.3, 0.4) is 0 Å². The Morgan fingerprint density at radius 1 is 1.26 bits per heavy atom. The van der Waals surface area contributed by atoms with Crippen molar-refractivity contribution in [1.82, 2.24) is 14.5 Å². The first kappa shape index (κ1) is 15.4. The summed E-state index contributed by atoms with van der Waals surface area (Å²) in [5.41, 5.74) is 10.2. The first-order chi connectivity index (χ1) is 10.7. The molecule has 0 saturated heterocycles. The Bertz CT molecular complexity index is 758. The highest BCUT2D eigenvalue weighted by atomic mass is 16.6. The van der Waals surface area contributed by atoms with Crippen LogP contribution in [0.1, 0.15) is 31.9 Å². The smallest absolute Gasteiger partial charge is 0.410 e. The molecule has 1 aromatic carbocycles. The lowest BCUT2D eigenvalue weighted by Gasteiger charge is -2.24. The molecule has 1 aliphatic heterocycles. The molecule has 1 aromatic heterocycles. The standard InChI is InChI=1S/C17H22N4O2/c1-17(2,3)23-16(22)21-7-11-5-13(14(18)6-12(11)8-21)15-9-20(4)10-19-15/h5-6,9-10H,7-8,18H2,1-4H3. The number of rotatable bonds is 1. The van der Waals surface area contributed by atoms with E-state index in [9.17, 15) is 4.79 Å². The summed E-state index contributed by atoms with van der Waals surface area (Å²) in [4.78, 5) is 18.3. The van der Waals surface area contributed by atoms with Crippen molar-refractivity contribution in [3.8, 4) is 11.3 Å². The SMILES string of the molecule is Cn1cnc(-c2cc3c(cc2N)CN(C(=O)OC(C)(C)C)C3)c1. The van der Waals surface area contributed by atoms with Crippen LogP contribution in [0, 0.1) is 0 Å². The quantitative estimate of drug-likeness (QED) is 0.821. The fourth-order valence-electron chi connectivity index (χ4n) is 2.70. The van der Waals surface area contributed by atoms with E-state index in [1.807, 2.05) is 50.7 Å². The van der Waals surface area contributed by atoms with Crippen molar-refractivity contribution in [2.24, 2.45) is 7.05 Å². The van der Waals surface area contributed by atoms with Gasteiger partial charge in [0.15, 0.2) is 0 Å². The summed E-state index contributed by atoms with van der Waals surface area (Å²) in [6.07, 6.45) is 3.37.